The summed E-state index contributed by atoms with van der Waals surface area (Å²) in [5.74, 6) is -0.250. The summed E-state index contributed by atoms with van der Waals surface area (Å²) in [6.07, 6.45) is 3.52. The van der Waals surface area contributed by atoms with Crippen LogP contribution in [0.1, 0.15) is 18.1 Å². The second-order valence-corrected chi connectivity index (χ2v) is 5.26. The van der Waals surface area contributed by atoms with Gasteiger partial charge in [-0.3, -0.25) is 9.59 Å². The van der Waals surface area contributed by atoms with E-state index in [-0.39, 0.29) is 18.4 Å². The third-order valence-electron chi connectivity index (χ3n) is 3.25. The van der Waals surface area contributed by atoms with Crippen molar-refractivity contribution in [3.05, 3.63) is 53.9 Å². The summed E-state index contributed by atoms with van der Waals surface area (Å²) in [5.41, 5.74) is 3.58. The van der Waals surface area contributed by atoms with E-state index in [0.717, 1.165) is 16.8 Å². The molecule has 2 N–H and O–H groups in total. The summed E-state index contributed by atoms with van der Waals surface area (Å²) in [6.45, 7) is 5.56. The number of para-hydroxylation sites is 1. The van der Waals surface area contributed by atoms with Crippen LogP contribution >= 0.6 is 0 Å². The summed E-state index contributed by atoms with van der Waals surface area (Å²) in [6, 6.07) is 9.46. The van der Waals surface area contributed by atoms with Crippen molar-refractivity contribution >= 4 is 23.2 Å². The molecule has 2 rings (SSSR count). The minimum absolute atomic E-state index is 0.109. The average molecular weight is 298 g/mol. The molecule has 5 heteroatoms. The summed E-state index contributed by atoms with van der Waals surface area (Å²) in [4.78, 5) is 23.3. The highest BCUT2D eigenvalue weighted by Crippen LogP contribution is 2.19. The summed E-state index contributed by atoms with van der Waals surface area (Å²) in [5, 5.41) is 5.63. The number of carbonyl (C=O) groups excluding carboxylic acids is 2. The van der Waals surface area contributed by atoms with E-state index < -0.39 is 0 Å². The molecular formula is C17H20N3O2+. The monoisotopic (exact) mass is 298 g/mol. The lowest BCUT2D eigenvalue weighted by atomic mass is 10.1. The third-order valence-corrected chi connectivity index (χ3v) is 3.25. The fraction of sp³-hybridized carbons (Fsp3) is 0.235. The second-order valence-electron chi connectivity index (χ2n) is 5.26. The molecule has 5 nitrogen and oxygen atoms in total. The Bertz CT molecular complexity index is 691. The van der Waals surface area contributed by atoms with E-state index in [0.29, 0.717) is 5.69 Å². The Kier molecular flexibility index (Phi) is 4.88. The van der Waals surface area contributed by atoms with Crippen LogP contribution in [-0.2, 0) is 16.1 Å². The molecule has 0 saturated carbocycles. The van der Waals surface area contributed by atoms with Crippen molar-refractivity contribution < 1.29 is 14.2 Å². The second kappa shape index (κ2) is 6.85. The zero-order valence-corrected chi connectivity index (χ0v) is 13.0. The lowest BCUT2D eigenvalue weighted by Crippen LogP contribution is -2.40. The van der Waals surface area contributed by atoms with Gasteiger partial charge in [0.05, 0.1) is 0 Å². The van der Waals surface area contributed by atoms with Crippen LogP contribution in [0.25, 0.3) is 0 Å². The van der Waals surface area contributed by atoms with Gasteiger partial charge in [0.15, 0.2) is 12.4 Å². The number of carbonyl (C=O) groups is 2. The van der Waals surface area contributed by atoms with Gasteiger partial charge in [-0.15, -0.1) is 0 Å². The van der Waals surface area contributed by atoms with E-state index in [2.05, 4.69) is 10.6 Å². The van der Waals surface area contributed by atoms with Gasteiger partial charge in [0.25, 0.3) is 5.91 Å². The van der Waals surface area contributed by atoms with Gasteiger partial charge in [-0.1, -0.05) is 18.2 Å². The number of rotatable bonds is 4. The predicted molar refractivity (Wildman–Crippen MR) is 85.5 cm³/mol. The molecule has 0 spiro atoms. The maximum Gasteiger partial charge on any atom is 0.290 e. The zero-order valence-electron chi connectivity index (χ0n) is 13.0. The molecule has 2 aromatic rings. The summed E-state index contributed by atoms with van der Waals surface area (Å²) < 4.78 is 1.73. The molecule has 0 aliphatic carbocycles. The van der Waals surface area contributed by atoms with Crippen molar-refractivity contribution in [2.75, 3.05) is 10.6 Å². The highest BCUT2D eigenvalue weighted by atomic mass is 16.2. The van der Waals surface area contributed by atoms with Crippen LogP contribution in [0.3, 0.4) is 0 Å². The first-order chi connectivity index (χ1) is 10.5. The Labute approximate surface area is 130 Å². The Hall–Kier alpha value is -2.69. The summed E-state index contributed by atoms with van der Waals surface area (Å²) in [7, 11) is 0. The van der Waals surface area contributed by atoms with E-state index in [1.807, 2.05) is 32.0 Å². The molecule has 0 aliphatic rings. The third kappa shape index (κ3) is 4.15. The largest absolute Gasteiger partial charge is 0.321 e. The lowest BCUT2D eigenvalue weighted by molar-refractivity contribution is -0.683. The molecule has 1 aromatic heterocycles. The molecule has 0 unspecified atom stereocenters. The fourth-order valence-corrected chi connectivity index (χ4v) is 2.25. The molecule has 0 atom stereocenters. The molecule has 22 heavy (non-hydrogen) atoms. The van der Waals surface area contributed by atoms with Crippen LogP contribution in [0.5, 0.6) is 0 Å². The molecule has 1 aromatic carbocycles. The Balaban J connectivity index is 2.08. The summed E-state index contributed by atoms with van der Waals surface area (Å²) >= 11 is 0. The number of aromatic nitrogens is 1. The van der Waals surface area contributed by atoms with Crippen LogP contribution < -0.4 is 15.2 Å². The Morgan fingerprint density at radius 3 is 2.36 bits per heavy atom. The smallest absolute Gasteiger partial charge is 0.290 e. The van der Waals surface area contributed by atoms with Crippen molar-refractivity contribution in [3.8, 4) is 0 Å². The van der Waals surface area contributed by atoms with Crippen molar-refractivity contribution in [1.82, 2.24) is 0 Å². The number of amides is 2. The highest BCUT2D eigenvalue weighted by molar-refractivity contribution is 5.91. The minimum Gasteiger partial charge on any atom is -0.321 e. The standard InChI is InChI=1S/C17H19N3O2/c1-12-6-4-7-13(2)17(12)19-16(22)11-20-9-5-8-15(10-20)18-14(3)21/h4-10H,11H2,1-3H3,(H-,18,19,21,22)/p+1. The highest BCUT2D eigenvalue weighted by Gasteiger charge is 2.13. The van der Waals surface area contributed by atoms with E-state index in [1.165, 1.54) is 6.92 Å². The molecule has 0 saturated heterocycles. The molecule has 114 valence electrons. The van der Waals surface area contributed by atoms with Gasteiger partial charge in [-0.25, -0.2) is 0 Å². The van der Waals surface area contributed by atoms with Crippen molar-refractivity contribution in [2.45, 2.75) is 27.3 Å². The molecule has 0 bridgehead atoms. The Morgan fingerprint density at radius 1 is 1.05 bits per heavy atom. The SMILES string of the molecule is CC(=O)Nc1ccc[n+](CC(=O)Nc2c(C)cccc2C)c1. The number of aryl methyl sites for hydroxylation is 2. The first kappa shape index (κ1) is 15.7. The number of pyridine rings is 1. The molecule has 1 heterocycles. The van der Waals surface area contributed by atoms with E-state index in [4.69, 9.17) is 0 Å². The number of hydrogen-bond donors (Lipinski definition) is 2. The van der Waals surface area contributed by atoms with E-state index in [1.54, 1.807) is 29.1 Å². The van der Waals surface area contributed by atoms with Gasteiger partial charge >= 0.3 is 0 Å². The molecule has 2 amide bonds. The van der Waals surface area contributed by atoms with Crippen LogP contribution in [0.2, 0.25) is 0 Å². The molecule has 0 radical (unpaired) electrons. The number of hydrogen-bond acceptors (Lipinski definition) is 2. The van der Waals surface area contributed by atoms with Crippen molar-refractivity contribution in [3.63, 3.8) is 0 Å². The average Bonchev–Trinajstić information content (AvgIpc) is 2.42. The van der Waals surface area contributed by atoms with Crippen molar-refractivity contribution in [1.29, 1.82) is 0 Å². The van der Waals surface area contributed by atoms with Gasteiger partial charge in [0.1, 0.15) is 5.69 Å². The molecule has 0 fully saturated rings. The molecular weight excluding hydrogens is 278 g/mol. The van der Waals surface area contributed by atoms with Crippen LogP contribution in [-0.4, -0.2) is 11.8 Å². The zero-order chi connectivity index (χ0) is 16.1. The van der Waals surface area contributed by atoms with Gasteiger partial charge in [0, 0.05) is 18.7 Å². The van der Waals surface area contributed by atoms with E-state index >= 15 is 0 Å². The maximum atomic E-state index is 12.2. The first-order valence-electron chi connectivity index (χ1n) is 7.08. The van der Waals surface area contributed by atoms with Crippen molar-refractivity contribution in [2.24, 2.45) is 0 Å². The van der Waals surface area contributed by atoms with Gasteiger partial charge in [-0.05, 0) is 31.0 Å². The normalized spacial score (nSPS) is 10.1. The van der Waals surface area contributed by atoms with Gasteiger partial charge < -0.3 is 10.6 Å². The lowest BCUT2D eigenvalue weighted by Gasteiger charge is -2.10. The predicted octanol–water partition coefficient (Wildman–Crippen LogP) is 2.19. The number of nitrogens with zero attached hydrogens (tertiary/aromatic N) is 1. The van der Waals surface area contributed by atoms with Crippen LogP contribution in [0.15, 0.2) is 42.7 Å². The quantitative estimate of drug-likeness (QED) is 0.850. The maximum absolute atomic E-state index is 12.2. The van der Waals surface area contributed by atoms with Gasteiger partial charge in [-0.2, -0.15) is 4.57 Å². The first-order valence-corrected chi connectivity index (χ1v) is 7.08. The Morgan fingerprint density at radius 2 is 1.73 bits per heavy atom. The minimum atomic E-state index is -0.141. The topological polar surface area (TPSA) is 62.1 Å². The fourth-order valence-electron chi connectivity index (χ4n) is 2.25. The van der Waals surface area contributed by atoms with Crippen LogP contribution in [0, 0.1) is 13.8 Å². The number of benzene rings is 1. The van der Waals surface area contributed by atoms with Crippen LogP contribution in [0.4, 0.5) is 11.4 Å². The van der Waals surface area contributed by atoms with E-state index in [9.17, 15) is 9.59 Å². The molecule has 0 aliphatic heterocycles. The van der Waals surface area contributed by atoms with Gasteiger partial charge in [0.2, 0.25) is 12.5 Å². The number of anilines is 2. The number of nitrogens with one attached hydrogen (secondary N) is 2.